The van der Waals surface area contributed by atoms with Crippen LogP contribution < -0.4 is 5.73 Å². The number of morpholine rings is 1. The SMILES string of the molecule is NCC1CN(C23CC4CC(CC(C4)C2)C3)CCO1. The Kier molecular flexibility index (Phi) is 2.72. The van der Waals surface area contributed by atoms with E-state index in [0.29, 0.717) is 12.1 Å². The number of hydrogen-bond donors (Lipinski definition) is 1. The Morgan fingerprint density at radius 2 is 1.67 bits per heavy atom. The van der Waals surface area contributed by atoms with Crippen LogP contribution in [0.3, 0.4) is 0 Å². The molecule has 0 amide bonds. The summed E-state index contributed by atoms with van der Waals surface area (Å²) in [6.07, 6.45) is 9.28. The molecule has 1 atom stereocenters. The minimum absolute atomic E-state index is 0.284. The Morgan fingerprint density at radius 1 is 1.06 bits per heavy atom. The van der Waals surface area contributed by atoms with Crippen LogP contribution in [0.15, 0.2) is 0 Å². The van der Waals surface area contributed by atoms with Gasteiger partial charge in [0.15, 0.2) is 0 Å². The van der Waals surface area contributed by atoms with E-state index in [2.05, 4.69) is 4.90 Å². The number of hydrogen-bond acceptors (Lipinski definition) is 3. The van der Waals surface area contributed by atoms with Gasteiger partial charge in [-0.1, -0.05) is 0 Å². The zero-order valence-corrected chi connectivity index (χ0v) is 11.3. The lowest BCUT2D eigenvalue weighted by Gasteiger charge is -2.61. The molecular weight excluding hydrogens is 224 g/mol. The highest BCUT2D eigenvalue weighted by Crippen LogP contribution is 2.57. The maximum atomic E-state index is 5.81. The fourth-order valence-corrected chi connectivity index (χ4v) is 5.74. The quantitative estimate of drug-likeness (QED) is 0.809. The minimum Gasteiger partial charge on any atom is -0.374 e. The number of nitrogens with zero attached hydrogens (tertiary/aromatic N) is 1. The van der Waals surface area contributed by atoms with Crippen LogP contribution in [0, 0.1) is 17.8 Å². The summed E-state index contributed by atoms with van der Waals surface area (Å²) >= 11 is 0. The molecule has 102 valence electrons. The number of rotatable bonds is 2. The average Bonchev–Trinajstić information content (AvgIpc) is 2.37. The van der Waals surface area contributed by atoms with Gasteiger partial charge < -0.3 is 10.5 Å². The summed E-state index contributed by atoms with van der Waals surface area (Å²) in [5.41, 5.74) is 6.35. The van der Waals surface area contributed by atoms with Crippen molar-refractivity contribution in [1.82, 2.24) is 4.90 Å². The van der Waals surface area contributed by atoms with Gasteiger partial charge in [-0.25, -0.2) is 0 Å². The third kappa shape index (κ3) is 1.75. The zero-order chi connectivity index (χ0) is 12.2. The Labute approximate surface area is 110 Å². The molecule has 5 rings (SSSR count). The van der Waals surface area contributed by atoms with Crippen molar-refractivity contribution in [3.63, 3.8) is 0 Å². The second kappa shape index (κ2) is 4.19. The standard InChI is InChI=1S/C15H26N2O/c16-9-14-10-17(1-2-18-14)15-6-11-3-12(7-15)5-13(4-11)8-15/h11-14H,1-10,16H2. The molecule has 1 unspecified atom stereocenters. The van der Waals surface area contributed by atoms with Crippen molar-refractivity contribution in [2.45, 2.75) is 50.2 Å². The van der Waals surface area contributed by atoms with Crippen LogP contribution in [0.4, 0.5) is 0 Å². The second-order valence-electron chi connectivity index (χ2n) is 7.32. The van der Waals surface area contributed by atoms with Crippen molar-refractivity contribution < 1.29 is 4.74 Å². The molecule has 4 bridgehead atoms. The summed E-state index contributed by atoms with van der Waals surface area (Å²) in [4.78, 5) is 2.78. The Morgan fingerprint density at radius 3 is 2.22 bits per heavy atom. The molecule has 18 heavy (non-hydrogen) atoms. The van der Waals surface area contributed by atoms with Crippen LogP contribution in [-0.2, 0) is 4.74 Å². The van der Waals surface area contributed by atoms with Gasteiger partial charge in [0.1, 0.15) is 0 Å². The normalized spacial score (nSPS) is 51.8. The fourth-order valence-electron chi connectivity index (χ4n) is 5.74. The van der Waals surface area contributed by atoms with Gasteiger partial charge in [0, 0.05) is 25.2 Å². The molecule has 1 saturated heterocycles. The van der Waals surface area contributed by atoms with Crippen LogP contribution in [0.5, 0.6) is 0 Å². The van der Waals surface area contributed by atoms with Crippen molar-refractivity contribution >= 4 is 0 Å². The fraction of sp³-hybridized carbons (Fsp3) is 1.00. The van der Waals surface area contributed by atoms with E-state index in [1.165, 1.54) is 38.5 Å². The molecule has 4 aliphatic carbocycles. The van der Waals surface area contributed by atoms with Gasteiger partial charge in [-0.05, 0) is 56.3 Å². The topological polar surface area (TPSA) is 38.5 Å². The smallest absolute Gasteiger partial charge is 0.0824 e. The van der Waals surface area contributed by atoms with Gasteiger partial charge in [-0.3, -0.25) is 4.90 Å². The van der Waals surface area contributed by atoms with Gasteiger partial charge in [-0.2, -0.15) is 0 Å². The highest BCUT2D eigenvalue weighted by molar-refractivity contribution is 5.08. The van der Waals surface area contributed by atoms with Gasteiger partial charge in [0.2, 0.25) is 0 Å². The highest BCUT2D eigenvalue weighted by Gasteiger charge is 2.53. The maximum Gasteiger partial charge on any atom is 0.0824 e. The van der Waals surface area contributed by atoms with Crippen molar-refractivity contribution in [2.24, 2.45) is 23.5 Å². The van der Waals surface area contributed by atoms with Gasteiger partial charge in [0.25, 0.3) is 0 Å². The second-order valence-corrected chi connectivity index (χ2v) is 7.32. The van der Waals surface area contributed by atoms with Crippen LogP contribution in [0.25, 0.3) is 0 Å². The van der Waals surface area contributed by atoms with Crippen LogP contribution in [0.2, 0.25) is 0 Å². The van der Waals surface area contributed by atoms with Crippen LogP contribution in [-0.4, -0.2) is 42.8 Å². The van der Waals surface area contributed by atoms with E-state index in [-0.39, 0.29) is 6.10 Å². The molecule has 1 aliphatic heterocycles. The summed E-state index contributed by atoms with van der Waals surface area (Å²) in [5, 5.41) is 0. The first-order valence-electron chi connectivity index (χ1n) is 7.84. The van der Waals surface area contributed by atoms with E-state index in [0.717, 1.165) is 37.5 Å². The molecule has 0 aromatic rings. The van der Waals surface area contributed by atoms with E-state index in [4.69, 9.17) is 10.5 Å². The minimum atomic E-state index is 0.284. The lowest BCUT2D eigenvalue weighted by Crippen LogP contribution is -2.63. The van der Waals surface area contributed by atoms with E-state index < -0.39 is 0 Å². The molecular formula is C15H26N2O. The molecule has 0 radical (unpaired) electrons. The molecule has 5 fully saturated rings. The third-order valence-corrected chi connectivity index (χ3v) is 6.08. The lowest BCUT2D eigenvalue weighted by molar-refractivity contribution is -0.133. The summed E-state index contributed by atoms with van der Waals surface area (Å²) in [7, 11) is 0. The van der Waals surface area contributed by atoms with Gasteiger partial charge >= 0.3 is 0 Å². The van der Waals surface area contributed by atoms with E-state index in [1.54, 1.807) is 0 Å². The molecule has 3 nitrogen and oxygen atoms in total. The summed E-state index contributed by atoms with van der Waals surface area (Å²) in [6, 6.07) is 0. The van der Waals surface area contributed by atoms with Crippen molar-refractivity contribution in [3.8, 4) is 0 Å². The molecule has 1 heterocycles. The molecule has 5 aliphatic rings. The highest BCUT2D eigenvalue weighted by atomic mass is 16.5. The lowest BCUT2D eigenvalue weighted by atomic mass is 9.52. The summed E-state index contributed by atoms with van der Waals surface area (Å²) < 4.78 is 5.75. The summed E-state index contributed by atoms with van der Waals surface area (Å²) in [6.45, 7) is 3.80. The number of ether oxygens (including phenoxy) is 1. The van der Waals surface area contributed by atoms with Crippen LogP contribution >= 0.6 is 0 Å². The molecule has 4 saturated carbocycles. The first kappa shape index (κ1) is 11.7. The molecule has 3 heteroatoms. The average molecular weight is 250 g/mol. The van der Waals surface area contributed by atoms with Crippen LogP contribution in [0.1, 0.15) is 38.5 Å². The van der Waals surface area contributed by atoms with Gasteiger partial charge in [-0.15, -0.1) is 0 Å². The Bertz CT molecular complexity index is 295. The first-order valence-corrected chi connectivity index (χ1v) is 7.84. The number of nitrogens with two attached hydrogens (primary N) is 1. The Hall–Kier alpha value is -0.120. The van der Waals surface area contributed by atoms with Crippen molar-refractivity contribution in [2.75, 3.05) is 26.2 Å². The predicted molar refractivity (Wildman–Crippen MR) is 71.3 cm³/mol. The van der Waals surface area contributed by atoms with Gasteiger partial charge in [0.05, 0.1) is 12.7 Å². The van der Waals surface area contributed by atoms with Crippen molar-refractivity contribution in [1.29, 1.82) is 0 Å². The monoisotopic (exact) mass is 250 g/mol. The predicted octanol–water partition coefficient (Wildman–Crippen LogP) is 1.61. The zero-order valence-electron chi connectivity index (χ0n) is 11.3. The van der Waals surface area contributed by atoms with E-state index in [9.17, 15) is 0 Å². The molecule has 2 N–H and O–H groups in total. The van der Waals surface area contributed by atoms with E-state index in [1.807, 2.05) is 0 Å². The molecule has 0 spiro atoms. The third-order valence-electron chi connectivity index (χ3n) is 6.08. The Balaban J connectivity index is 1.56. The van der Waals surface area contributed by atoms with Crippen molar-refractivity contribution in [3.05, 3.63) is 0 Å². The first-order chi connectivity index (χ1) is 8.77. The molecule has 0 aromatic carbocycles. The summed E-state index contributed by atoms with van der Waals surface area (Å²) in [5.74, 6) is 3.11. The maximum absolute atomic E-state index is 5.81. The largest absolute Gasteiger partial charge is 0.374 e. The molecule has 0 aromatic heterocycles. The van der Waals surface area contributed by atoms with E-state index >= 15 is 0 Å².